The van der Waals surface area contributed by atoms with Gasteiger partial charge < -0.3 is 125 Å². The first-order valence-corrected chi connectivity index (χ1v) is 28.5. The maximum atomic E-state index is 14.4. The van der Waals surface area contributed by atoms with E-state index in [1.807, 2.05) is 16.0 Å². The molecular weight excluding hydrogens is 1320 g/mol. The van der Waals surface area contributed by atoms with Crippen molar-refractivity contribution in [1.29, 1.82) is 0 Å². The smallest absolute Gasteiger partial charge is 0.335 e. The molecule has 26 N–H and O–H groups in total. The Labute approximate surface area is 543 Å². The Balaban J connectivity index is 1.96. The second-order valence-electron chi connectivity index (χ2n) is 20.7. The predicted molar refractivity (Wildman–Crippen MR) is 317 cm³/mol. The van der Waals surface area contributed by atoms with Crippen molar-refractivity contribution in [2.75, 3.05) is 30.7 Å². The number of nitrogen functional groups attached to an aromatic ring is 1. The minimum Gasteiger partial charge on any atom is -0.480 e. The van der Waals surface area contributed by atoms with Gasteiger partial charge in [-0.15, -0.1) is 12.6 Å². The summed E-state index contributed by atoms with van der Waals surface area (Å²) < 4.78 is 0. The van der Waals surface area contributed by atoms with Gasteiger partial charge in [-0.1, -0.05) is 0 Å². The van der Waals surface area contributed by atoms with Gasteiger partial charge in [0, 0.05) is 56.6 Å². The van der Waals surface area contributed by atoms with Crippen LogP contribution in [0.1, 0.15) is 67.4 Å². The number of rotatable bonds is 42. The van der Waals surface area contributed by atoms with Gasteiger partial charge in [-0.2, -0.15) is 4.98 Å². The summed E-state index contributed by atoms with van der Waals surface area (Å²) in [6.07, 6.45) is -27.0. The number of amides is 8. The monoisotopic (exact) mass is 1390 g/mol. The summed E-state index contributed by atoms with van der Waals surface area (Å²) in [4.78, 5) is 205. The second kappa shape index (κ2) is 38.2. The third-order valence-electron chi connectivity index (χ3n) is 13.5. The molecule has 0 spiro atoms. The van der Waals surface area contributed by atoms with E-state index in [-0.39, 0.29) is 29.2 Å². The van der Waals surface area contributed by atoms with Crippen LogP contribution in [0, 0.1) is 0 Å². The number of carbonyl (C=O) groups is 14. The number of H-pyrrole nitrogens is 1. The number of aliphatic carboxylic acids is 5. The minimum absolute atomic E-state index is 0.0102. The van der Waals surface area contributed by atoms with E-state index in [0.29, 0.717) is 11.4 Å². The van der Waals surface area contributed by atoms with E-state index < -0.39 is 244 Å². The Morgan fingerprint density at radius 3 is 1.28 bits per heavy atom. The molecule has 2 heterocycles. The summed E-state index contributed by atoms with van der Waals surface area (Å²) in [6.45, 7) is -2.89. The number of carboxylic acid groups (broad SMARTS) is 5. The number of anilines is 2. The zero-order chi connectivity index (χ0) is 72.4. The molecule has 0 aliphatic rings. The molecule has 0 saturated carbocycles. The molecule has 2 aromatic heterocycles. The van der Waals surface area contributed by atoms with Crippen molar-refractivity contribution in [1.82, 2.24) is 62.5 Å². The highest BCUT2D eigenvalue weighted by Gasteiger charge is 2.37. The van der Waals surface area contributed by atoms with Gasteiger partial charge >= 0.3 is 29.8 Å². The fraction of sp³-hybridized carbons (Fsp3) is 0.500. The van der Waals surface area contributed by atoms with Crippen LogP contribution in [0.15, 0.2) is 35.3 Å². The molecular formula is C52H70N14O29S. The fourth-order valence-corrected chi connectivity index (χ4v) is 8.21. The molecule has 0 aliphatic heterocycles. The maximum Gasteiger partial charge on any atom is 0.335 e. The number of aliphatic hydroxyl groups is 9. The van der Waals surface area contributed by atoms with Crippen LogP contribution in [-0.2, 0) is 68.9 Å². The largest absolute Gasteiger partial charge is 0.480 e. The van der Waals surface area contributed by atoms with Crippen LogP contribution in [0.5, 0.6) is 0 Å². The third-order valence-corrected chi connectivity index (χ3v) is 13.7. The van der Waals surface area contributed by atoms with Gasteiger partial charge in [0.25, 0.3) is 11.5 Å². The Kier molecular flexibility index (Phi) is 31.9. The molecule has 3 rings (SSSR count). The van der Waals surface area contributed by atoms with Gasteiger partial charge in [0.15, 0.2) is 35.5 Å². The highest BCUT2D eigenvalue weighted by molar-refractivity contribution is 7.96. The number of aliphatic hydroxyl groups excluding tert-OH is 9. The normalized spacial score (nSPS) is 15.6. The second-order valence-corrected chi connectivity index (χ2v) is 21.2. The molecule has 528 valence electrons. The van der Waals surface area contributed by atoms with Crippen LogP contribution >= 0.6 is 12.6 Å². The van der Waals surface area contributed by atoms with Crippen molar-refractivity contribution in [3.63, 3.8) is 0 Å². The lowest BCUT2D eigenvalue weighted by atomic mass is 10.0. The van der Waals surface area contributed by atoms with Crippen molar-refractivity contribution in [2.45, 2.75) is 143 Å². The number of aromatic amines is 1. The van der Waals surface area contributed by atoms with E-state index in [9.17, 15) is 128 Å². The molecule has 1 aromatic carbocycles. The summed E-state index contributed by atoms with van der Waals surface area (Å²) in [6, 6.07) is -5.34. The number of hydrogen-bond acceptors (Lipinski definition) is 29. The molecule has 0 saturated heterocycles. The summed E-state index contributed by atoms with van der Waals surface area (Å²) in [5.41, 5.74) is 5.38. The van der Waals surface area contributed by atoms with E-state index in [0.717, 1.165) is 0 Å². The molecule has 96 heavy (non-hydrogen) atoms. The first-order chi connectivity index (χ1) is 44.9. The first-order valence-electron chi connectivity index (χ1n) is 28.1. The zero-order valence-electron chi connectivity index (χ0n) is 49.7. The van der Waals surface area contributed by atoms with Gasteiger partial charge in [0.05, 0.1) is 18.4 Å². The quantitative estimate of drug-likeness (QED) is 0.0185. The lowest BCUT2D eigenvalue weighted by Crippen LogP contribution is -2.58. The number of hydrogen-bond donors (Lipinski definition) is 26. The standard InChI is InChI=1S/C52H70N14O29S/c53-52-65-40-32(45(84)66-52)59-20(14-58-40)13-54-19-3-1-18(2-4-19)41(80)63-24(46(85)86)8-12-31(73)60-21(5-9-28(70)55-15-25(67)34(74)37(77)48(89)90)42(81)61-22(6-10-29(71)56-16-26(68)35(75)38(78)49(91)92)43(82)62-23(44(83)64-33(47(87)88)51(95)96)7-11-30(72)57-17-27(69)36(76)39(79)50(93)94/h1-4,14,21-27,33-39,54,67-69,74-79H,5-13,15-17H2,(H,55,70)(H,56,71)(H,57,72)(H,60,73)(H,61,81)(H,62,82)(H,63,80)(H,64,83)(H,85,86)(H,87,88)(H,89,90)(H,91,92)(H,93,94)(H,95,96)(H3,53,58,65,66,84)/t21-,22-,23-,24-,25-,26-,27-,33+,34+,35+,36+,37-,38-,39-/m0/s1. The molecule has 0 fully saturated rings. The van der Waals surface area contributed by atoms with E-state index in [1.54, 1.807) is 5.32 Å². The average Bonchev–Trinajstić information content (AvgIpc) is 0.825. The molecule has 0 aliphatic carbocycles. The zero-order valence-corrected chi connectivity index (χ0v) is 50.6. The summed E-state index contributed by atoms with van der Waals surface area (Å²) in [5.74, 6) is -20.1. The Hall–Kier alpha value is -10.2. The predicted octanol–water partition coefficient (Wildman–Crippen LogP) is -11.5. The number of fused-ring (bicyclic) bond motifs is 1. The SMILES string of the molecule is Nc1nc2ncc(CNc3ccc(C(=O)N[C@@H](CCC(=O)N[C@@H](CCC(=O)NC[C@H](O)[C@@H](O)[C@H](O)C(=O)O)C(=O)N[C@@H](CCC(=O)NC[C@H](O)[C@@H](O)[C@H](O)C(=O)O)C(=O)N[C@@H](CCC(=O)NC[C@H](O)[C@@H](O)[C@H](O)C(=O)O)C(=O)N[C@H](C(=O)O)C(=O)S)C(=O)O)cc3)nc2c(=O)[nH]1. The molecule has 43 nitrogen and oxygen atoms in total. The van der Waals surface area contributed by atoms with E-state index in [1.165, 1.54) is 30.5 Å². The van der Waals surface area contributed by atoms with Crippen LogP contribution in [0.2, 0.25) is 0 Å². The fourth-order valence-electron chi connectivity index (χ4n) is 8.03. The number of carbonyl (C=O) groups excluding carboxylic acids is 9. The Bertz CT molecular complexity index is 3370. The molecule has 0 unspecified atom stereocenters. The molecule has 0 bridgehead atoms. The number of nitrogens with one attached hydrogen (secondary N) is 10. The van der Waals surface area contributed by atoms with Crippen molar-refractivity contribution >= 4 is 118 Å². The third kappa shape index (κ3) is 26.0. The Morgan fingerprint density at radius 1 is 0.490 bits per heavy atom. The molecule has 0 radical (unpaired) electrons. The van der Waals surface area contributed by atoms with Crippen molar-refractivity contribution in [2.24, 2.45) is 0 Å². The number of thiol groups is 1. The van der Waals surface area contributed by atoms with Gasteiger partial charge in [-0.25, -0.2) is 33.9 Å². The van der Waals surface area contributed by atoms with E-state index >= 15 is 0 Å². The summed E-state index contributed by atoms with van der Waals surface area (Å²) >= 11 is 3.40. The van der Waals surface area contributed by atoms with Gasteiger partial charge in [0.1, 0.15) is 60.8 Å². The van der Waals surface area contributed by atoms with E-state index in [2.05, 4.69) is 59.1 Å². The average molecular weight is 1390 g/mol. The van der Waals surface area contributed by atoms with Gasteiger partial charge in [-0.3, -0.25) is 52.9 Å². The topological polar surface area (TPSA) is 728 Å². The number of nitrogens with two attached hydrogens (primary N) is 1. The molecule has 44 heteroatoms. The minimum atomic E-state index is -2.57. The van der Waals surface area contributed by atoms with Crippen molar-refractivity contribution in [3.05, 3.63) is 52.1 Å². The molecule has 8 amide bonds. The number of nitrogens with zero attached hydrogens (tertiary/aromatic N) is 3. The lowest BCUT2D eigenvalue weighted by molar-refractivity contribution is -0.158. The molecule has 14 atom stereocenters. The van der Waals surface area contributed by atoms with Crippen LogP contribution in [-0.4, -0.2) is 278 Å². The van der Waals surface area contributed by atoms with Gasteiger partial charge in [0.2, 0.25) is 52.4 Å². The van der Waals surface area contributed by atoms with Crippen molar-refractivity contribution in [3.8, 4) is 0 Å². The highest BCUT2D eigenvalue weighted by Crippen LogP contribution is 2.15. The maximum absolute atomic E-state index is 14.4. The summed E-state index contributed by atoms with van der Waals surface area (Å²) in [7, 11) is 0. The van der Waals surface area contributed by atoms with Crippen molar-refractivity contribution < 1.29 is 139 Å². The molecule has 3 aromatic rings. The van der Waals surface area contributed by atoms with Crippen LogP contribution in [0.3, 0.4) is 0 Å². The van der Waals surface area contributed by atoms with E-state index in [4.69, 9.17) is 21.1 Å². The summed E-state index contributed by atoms with van der Waals surface area (Å²) in [5, 5.41) is 154. The number of carboxylic acids is 5. The number of benzene rings is 1. The van der Waals surface area contributed by atoms with Crippen LogP contribution in [0.4, 0.5) is 11.6 Å². The first kappa shape index (κ1) is 80.0. The lowest BCUT2D eigenvalue weighted by Gasteiger charge is -2.26. The Morgan fingerprint density at radius 2 is 0.885 bits per heavy atom. The van der Waals surface area contributed by atoms with Gasteiger partial charge in [-0.05, 0) is 49.9 Å². The van der Waals surface area contributed by atoms with Crippen LogP contribution in [0.25, 0.3) is 11.2 Å². The van der Waals surface area contributed by atoms with Crippen LogP contribution < -0.4 is 59.1 Å². The highest BCUT2D eigenvalue weighted by atomic mass is 32.1. The number of aromatic nitrogens is 4.